The summed E-state index contributed by atoms with van der Waals surface area (Å²) in [6.07, 6.45) is 4.56. The van der Waals surface area contributed by atoms with Crippen molar-refractivity contribution < 1.29 is 14.3 Å². The van der Waals surface area contributed by atoms with E-state index in [4.69, 9.17) is 9.47 Å². The molecule has 1 heterocycles. The van der Waals surface area contributed by atoms with Gasteiger partial charge in [-0.1, -0.05) is 22.0 Å². The summed E-state index contributed by atoms with van der Waals surface area (Å²) < 4.78 is 12.1. The monoisotopic (exact) mass is 429 g/mol. The Kier molecular flexibility index (Phi) is 5.39. The SMILES string of the molecule is COc1ccc2c(c1)CCCC2CC(=O)NC1CCOc2ccc(Br)cc21. The molecule has 0 saturated carbocycles. The van der Waals surface area contributed by atoms with Gasteiger partial charge >= 0.3 is 0 Å². The Hall–Kier alpha value is -2.01. The fourth-order valence-electron chi connectivity index (χ4n) is 4.22. The molecule has 1 aliphatic carbocycles. The smallest absolute Gasteiger partial charge is 0.221 e. The summed E-state index contributed by atoms with van der Waals surface area (Å²) in [5.74, 6) is 2.15. The highest BCUT2D eigenvalue weighted by molar-refractivity contribution is 9.10. The van der Waals surface area contributed by atoms with Crippen molar-refractivity contribution in [2.45, 2.75) is 44.1 Å². The number of benzene rings is 2. The molecule has 142 valence electrons. The van der Waals surface area contributed by atoms with Crippen LogP contribution in [0.3, 0.4) is 0 Å². The van der Waals surface area contributed by atoms with Gasteiger partial charge in [-0.2, -0.15) is 0 Å². The predicted octanol–water partition coefficient (Wildman–Crippen LogP) is 4.91. The van der Waals surface area contributed by atoms with Crippen molar-refractivity contribution in [2.24, 2.45) is 0 Å². The molecule has 1 N–H and O–H groups in total. The zero-order valence-electron chi connectivity index (χ0n) is 15.5. The number of nitrogens with one attached hydrogen (secondary N) is 1. The lowest BCUT2D eigenvalue weighted by Gasteiger charge is -2.29. The van der Waals surface area contributed by atoms with Gasteiger partial charge in [-0.3, -0.25) is 4.79 Å². The fraction of sp³-hybridized carbons (Fsp3) is 0.409. The molecule has 0 spiro atoms. The van der Waals surface area contributed by atoms with Crippen LogP contribution in [-0.2, 0) is 11.2 Å². The number of aryl methyl sites for hydroxylation is 1. The first-order valence-electron chi connectivity index (χ1n) is 9.52. The second-order valence-corrected chi connectivity index (χ2v) is 8.21. The Morgan fingerprint density at radius 2 is 2.11 bits per heavy atom. The zero-order chi connectivity index (χ0) is 18.8. The number of ether oxygens (including phenoxy) is 2. The lowest BCUT2D eigenvalue weighted by Crippen LogP contribution is -2.33. The van der Waals surface area contributed by atoms with Crippen LogP contribution in [0.2, 0.25) is 0 Å². The first-order valence-corrected chi connectivity index (χ1v) is 10.3. The summed E-state index contributed by atoms with van der Waals surface area (Å²) in [5, 5.41) is 3.24. The number of fused-ring (bicyclic) bond motifs is 2. The lowest BCUT2D eigenvalue weighted by atomic mass is 9.80. The van der Waals surface area contributed by atoms with Gasteiger partial charge in [0.15, 0.2) is 0 Å². The molecule has 5 heteroatoms. The molecule has 2 aromatic rings. The van der Waals surface area contributed by atoms with E-state index in [2.05, 4.69) is 33.4 Å². The summed E-state index contributed by atoms with van der Waals surface area (Å²) >= 11 is 3.51. The van der Waals surface area contributed by atoms with Gasteiger partial charge in [0.1, 0.15) is 11.5 Å². The summed E-state index contributed by atoms with van der Waals surface area (Å²) in [4.78, 5) is 12.8. The summed E-state index contributed by atoms with van der Waals surface area (Å²) in [7, 11) is 1.69. The van der Waals surface area contributed by atoms with Gasteiger partial charge in [0, 0.05) is 22.9 Å². The van der Waals surface area contributed by atoms with Crippen molar-refractivity contribution in [2.75, 3.05) is 13.7 Å². The maximum absolute atomic E-state index is 12.8. The van der Waals surface area contributed by atoms with Crippen LogP contribution in [0.4, 0.5) is 0 Å². The average Bonchev–Trinajstić information content (AvgIpc) is 2.68. The summed E-state index contributed by atoms with van der Waals surface area (Å²) in [6, 6.07) is 12.2. The van der Waals surface area contributed by atoms with E-state index in [0.29, 0.717) is 13.0 Å². The Morgan fingerprint density at radius 1 is 1.22 bits per heavy atom. The number of amides is 1. The van der Waals surface area contributed by atoms with Crippen LogP contribution >= 0.6 is 15.9 Å². The molecule has 27 heavy (non-hydrogen) atoms. The molecule has 0 fully saturated rings. The number of hydrogen-bond donors (Lipinski definition) is 1. The van der Waals surface area contributed by atoms with E-state index in [1.54, 1.807) is 7.11 Å². The van der Waals surface area contributed by atoms with Crippen LogP contribution in [-0.4, -0.2) is 19.6 Å². The predicted molar refractivity (Wildman–Crippen MR) is 108 cm³/mol. The molecule has 0 radical (unpaired) electrons. The maximum Gasteiger partial charge on any atom is 0.221 e. The molecular formula is C22H24BrNO3. The minimum atomic E-state index is 0.0117. The van der Waals surface area contributed by atoms with Crippen molar-refractivity contribution in [3.8, 4) is 11.5 Å². The second-order valence-electron chi connectivity index (χ2n) is 7.30. The van der Waals surface area contributed by atoms with Crippen LogP contribution in [0.15, 0.2) is 40.9 Å². The highest BCUT2D eigenvalue weighted by Gasteiger charge is 2.27. The second kappa shape index (κ2) is 7.93. The summed E-state index contributed by atoms with van der Waals surface area (Å²) in [6.45, 7) is 0.631. The molecule has 1 amide bonds. The van der Waals surface area contributed by atoms with Gasteiger partial charge in [0.25, 0.3) is 0 Å². The van der Waals surface area contributed by atoms with Crippen LogP contribution < -0.4 is 14.8 Å². The van der Waals surface area contributed by atoms with Crippen molar-refractivity contribution in [3.63, 3.8) is 0 Å². The van der Waals surface area contributed by atoms with Crippen LogP contribution in [0.5, 0.6) is 11.5 Å². The van der Waals surface area contributed by atoms with Crippen molar-refractivity contribution >= 4 is 21.8 Å². The Labute approximate surface area is 168 Å². The van der Waals surface area contributed by atoms with Gasteiger partial charge < -0.3 is 14.8 Å². The standard InChI is InChI=1S/C22H24BrNO3/c1-26-17-6-7-18-14(11-17)3-2-4-15(18)12-22(25)24-20-9-10-27-21-8-5-16(23)13-19(20)21/h5-8,11,13,15,20H,2-4,9-10,12H2,1H3,(H,24,25). The van der Waals surface area contributed by atoms with Crippen LogP contribution in [0.1, 0.15) is 54.3 Å². The topological polar surface area (TPSA) is 47.6 Å². The molecular weight excluding hydrogens is 406 g/mol. The van der Waals surface area contributed by atoms with Gasteiger partial charge in [0.05, 0.1) is 19.8 Å². The Balaban J connectivity index is 1.47. The first kappa shape index (κ1) is 18.4. The molecule has 1 aliphatic heterocycles. The molecule has 4 nitrogen and oxygen atoms in total. The highest BCUT2D eigenvalue weighted by Crippen LogP contribution is 2.37. The van der Waals surface area contributed by atoms with Crippen LogP contribution in [0.25, 0.3) is 0 Å². The van der Waals surface area contributed by atoms with E-state index >= 15 is 0 Å². The van der Waals surface area contributed by atoms with E-state index in [9.17, 15) is 4.79 Å². The maximum atomic E-state index is 12.8. The fourth-order valence-corrected chi connectivity index (χ4v) is 4.60. The number of carbonyl (C=O) groups is 1. The van der Waals surface area contributed by atoms with Crippen molar-refractivity contribution in [3.05, 3.63) is 57.6 Å². The van der Waals surface area contributed by atoms with E-state index in [1.807, 2.05) is 24.3 Å². The normalized spacial score (nSPS) is 20.8. The minimum Gasteiger partial charge on any atom is -0.497 e. The third kappa shape index (κ3) is 3.98. The molecule has 2 unspecified atom stereocenters. The van der Waals surface area contributed by atoms with Crippen molar-refractivity contribution in [1.29, 1.82) is 0 Å². The minimum absolute atomic E-state index is 0.0117. The van der Waals surface area contributed by atoms with E-state index < -0.39 is 0 Å². The van der Waals surface area contributed by atoms with E-state index in [-0.39, 0.29) is 17.9 Å². The molecule has 2 aromatic carbocycles. The summed E-state index contributed by atoms with van der Waals surface area (Å²) in [5.41, 5.74) is 3.67. The molecule has 0 aromatic heterocycles. The van der Waals surface area contributed by atoms with E-state index in [0.717, 1.165) is 47.2 Å². The average molecular weight is 430 g/mol. The van der Waals surface area contributed by atoms with Gasteiger partial charge in [-0.05, 0) is 66.6 Å². The number of halogens is 1. The number of hydrogen-bond acceptors (Lipinski definition) is 3. The van der Waals surface area contributed by atoms with Crippen molar-refractivity contribution in [1.82, 2.24) is 5.32 Å². The van der Waals surface area contributed by atoms with Gasteiger partial charge in [0.2, 0.25) is 5.91 Å². The third-order valence-electron chi connectivity index (χ3n) is 5.57. The Bertz CT molecular complexity index is 851. The quantitative estimate of drug-likeness (QED) is 0.750. The molecule has 0 saturated heterocycles. The third-order valence-corrected chi connectivity index (χ3v) is 6.06. The number of methoxy groups -OCH3 is 1. The first-order chi connectivity index (χ1) is 13.1. The Morgan fingerprint density at radius 3 is 2.96 bits per heavy atom. The number of rotatable bonds is 4. The van der Waals surface area contributed by atoms with Gasteiger partial charge in [-0.25, -0.2) is 0 Å². The highest BCUT2D eigenvalue weighted by atomic mass is 79.9. The molecule has 2 aliphatic rings. The molecule has 2 atom stereocenters. The number of carbonyl (C=O) groups excluding carboxylic acids is 1. The lowest BCUT2D eigenvalue weighted by molar-refractivity contribution is -0.122. The molecule has 4 rings (SSSR count). The molecule has 0 bridgehead atoms. The zero-order valence-corrected chi connectivity index (χ0v) is 17.1. The van der Waals surface area contributed by atoms with Crippen LogP contribution in [0, 0.1) is 0 Å². The van der Waals surface area contributed by atoms with Gasteiger partial charge in [-0.15, -0.1) is 0 Å². The van der Waals surface area contributed by atoms with E-state index in [1.165, 1.54) is 11.1 Å². The largest absolute Gasteiger partial charge is 0.497 e.